The van der Waals surface area contributed by atoms with Crippen LogP contribution in [-0.2, 0) is 6.61 Å². The molecule has 0 aliphatic carbocycles. The van der Waals surface area contributed by atoms with Crippen LogP contribution >= 0.6 is 11.6 Å². The van der Waals surface area contributed by atoms with Gasteiger partial charge < -0.3 is 5.11 Å². The van der Waals surface area contributed by atoms with Crippen LogP contribution in [0.5, 0.6) is 0 Å². The third-order valence-corrected chi connectivity index (χ3v) is 3.85. The molecule has 0 amide bonds. The van der Waals surface area contributed by atoms with Crippen LogP contribution in [-0.4, -0.2) is 20.1 Å². The van der Waals surface area contributed by atoms with Crippen molar-refractivity contribution in [2.45, 2.75) is 20.5 Å². The number of aliphatic hydroxyl groups excluding tert-OH is 1. The Labute approximate surface area is 134 Å². The third-order valence-electron chi connectivity index (χ3n) is 3.60. The van der Waals surface area contributed by atoms with Crippen molar-refractivity contribution in [2.75, 3.05) is 0 Å². The van der Waals surface area contributed by atoms with E-state index in [-0.39, 0.29) is 6.61 Å². The Hall–Kier alpha value is -2.17. The highest BCUT2D eigenvalue weighted by molar-refractivity contribution is 6.30. The fourth-order valence-electron chi connectivity index (χ4n) is 2.43. The largest absolute Gasteiger partial charge is 0.390 e. The molecule has 5 heteroatoms. The minimum absolute atomic E-state index is 0.164. The van der Waals surface area contributed by atoms with Gasteiger partial charge in [0.05, 0.1) is 12.3 Å². The van der Waals surface area contributed by atoms with E-state index in [4.69, 9.17) is 11.6 Å². The normalized spacial score (nSPS) is 10.9. The van der Waals surface area contributed by atoms with Gasteiger partial charge in [0.15, 0.2) is 0 Å². The van der Waals surface area contributed by atoms with Gasteiger partial charge in [0, 0.05) is 10.6 Å². The lowest BCUT2D eigenvalue weighted by molar-refractivity contribution is 0.277. The molecule has 1 heterocycles. The van der Waals surface area contributed by atoms with Gasteiger partial charge in [-0.3, -0.25) is 0 Å². The molecule has 0 fully saturated rings. The number of aryl methyl sites for hydroxylation is 2. The second-order valence-corrected chi connectivity index (χ2v) is 5.69. The van der Waals surface area contributed by atoms with Crippen molar-refractivity contribution in [1.82, 2.24) is 15.0 Å². The summed E-state index contributed by atoms with van der Waals surface area (Å²) in [6.07, 6.45) is 0. The molecule has 0 aliphatic rings. The van der Waals surface area contributed by atoms with Gasteiger partial charge in [-0.05, 0) is 43.2 Å². The number of hydrogen-bond acceptors (Lipinski definition) is 3. The van der Waals surface area contributed by atoms with Gasteiger partial charge in [-0.15, -0.1) is 5.10 Å². The zero-order chi connectivity index (χ0) is 15.7. The number of benzene rings is 2. The lowest BCUT2D eigenvalue weighted by Gasteiger charge is -2.11. The number of hydrogen-bond donors (Lipinski definition) is 1. The van der Waals surface area contributed by atoms with Gasteiger partial charge in [0.25, 0.3) is 0 Å². The van der Waals surface area contributed by atoms with E-state index in [1.54, 1.807) is 4.68 Å². The first-order valence-corrected chi connectivity index (χ1v) is 7.37. The predicted molar refractivity (Wildman–Crippen MR) is 87.2 cm³/mol. The standard InChI is InChI=1S/C17H16ClN3O/c1-11-3-4-12(2)16(9-11)21-17(15(10-22)19-20-21)13-5-7-14(18)8-6-13/h3-9,22H,10H2,1-2H3. The Morgan fingerprint density at radius 3 is 2.50 bits per heavy atom. The zero-order valence-electron chi connectivity index (χ0n) is 12.4. The molecule has 0 aliphatic heterocycles. The zero-order valence-corrected chi connectivity index (χ0v) is 13.2. The number of halogens is 1. The number of rotatable bonds is 3. The first-order chi connectivity index (χ1) is 10.6. The van der Waals surface area contributed by atoms with Crippen LogP contribution in [0, 0.1) is 13.8 Å². The molecule has 4 nitrogen and oxygen atoms in total. The summed E-state index contributed by atoms with van der Waals surface area (Å²) in [5.41, 5.74) is 5.44. The summed E-state index contributed by atoms with van der Waals surface area (Å²) >= 11 is 5.96. The summed E-state index contributed by atoms with van der Waals surface area (Å²) in [6.45, 7) is 3.90. The molecular formula is C17H16ClN3O. The molecule has 1 aromatic heterocycles. The summed E-state index contributed by atoms with van der Waals surface area (Å²) in [4.78, 5) is 0. The highest BCUT2D eigenvalue weighted by Crippen LogP contribution is 2.28. The maximum atomic E-state index is 9.58. The van der Waals surface area contributed by atoms with E-state index >= 15 is 0 Å². The minimum Gasteiger partial charge on any atom is -0.390 e. The van der Waals surface area contributed by atoms with Crippen LogP contribution in [0.4, 0.5) is 0 Å². The summed E-state index contributed by atoms with van der Waals surface area (Å²) in [5, 5.41) is 18.6. The Balaban J connectivity index is 2.23. The average molecular weight is 314 g/mol. The Bertz CT molecular complexity index is 809. The molecule has 3 rings (SSSR count). The molecule has 22 heavy (non-hydrogen) atoms. The van der Waals surface area contributed by atoms with Crippen LogP contribution in [0.1, 0.15) is 16.8 Å². The van der Waals surface area contributed by atoms with Gasteiger partial charge in [0.1, 0.15) is 11.4 Å². The predicted octanol–water partition coefficient (Wildman–Crippen LogP) is 3.70. The van der Waals surface area contributed by atoms with Crippen LogP contribution in [0.2, 0.25) is 5.02 Å². The lowest BCUT2D eigenvalue weighted by Crippen LogP contribution is -2.03. The number of aliphatic hydroxyl groups is 1. The highest BCUT2D eigenvalue weighted by Gasteiger charge is 2.17. The third kappa shape index (κ3) is 2.63. The topological polar surface area (TPSA) is 50.9 Å². The molecule has 0 saturated carbocycles. The van der Waals surface area contributed by atoms with Crippen molar-refractivity contribution in [3.8, 4) is 16.9 Å². The van der Waals surface area contributed by atoms with E-state index in [9.17, 15) is 5.11 Å². The smallest absolute Gasteiger partial charge is 0.117 e. The maximum Gasteiger partial charge on any atom is 0.117 e. The van der Waals surface area contributed by atoms with Crippen LogP contribution < -0.4 is 0 Å². The van der Waals surface area contributed by atoms with Crippen molar-refractivity contribution in [1.29, 1.82) is 0 Å². The van der Waals surface area contributed by atoms with Gasteiger partial charge >= 0.3 is 0 Å². The number of nitrogens with zero attached hydrogens (tertiary/aromatic N) is 3. The van der Waals surface area contributed by atoms with E-state index in [1.165, 1.54) is 0 Å². The average Bonchev–Trinajstić information content (AvgIpc) is 2.94. The summed E-state index contributed by atoms with van der Waals surface area (Å²) in [7, 11) is 0. The Kier molecular flexibility index (Phi) is 3.96. The van der Waals surface area contributed by atoms with Gasteiger partial charge in [0.2, 0.25) is 0 Å². The Morgan fingerprint density at radius 1 is 1.09 bits per heavy atom. The SMILES string of the molecule is Cc1ccc(C)c(-n2nnc(CO)c2-c2ccc(Cl)cc2)c1. The molecule has 112 valence electrons. The highest BCUT2D eigenvalue weighted by atomic mass is 35.5. The monoisotopic (exact) mass is 313 g/mol. The fourth-order valence-corrected chi connectivity index (χ4v) is 2.56. The van der Waals surface area contributed by atoms with Gasteiger partial charge in [-0.1, -0.05) is 41.1 Å². The second-order valence-electron chi connectivity index (χ2n) is 5.25. The van der Waals surface area contributed by atoms with Crippen LogP contribution in [0.25, 0.3) is 16.9 Å². The summed E-state index contributed by atoms with van der Waals surface area (Å²) in [5.74, 6) is 0. The Morgan fingerprint density at radius 2 is 1.82 bits per heavy atom. The van der Waals surface area contributed by atoms with E-state index in [1.807, 2.05) is 38.1 Å². The van der Waals surface area contributed by atoms with Gasteiger partial charge in [-0.25, -0.2) is 4.68 Å². The van der Waals surface area contributed by atoms with E-state index < -0.39 is 0 Å². The van der Waals surface area contributed by atoms with Crippen LogP contribution in [0.3, 0.4) is 0 Å². The quantitative estimate of drug-likeness (QED) is 0.802. The van der Waals surface area contributed by atoms with E-state index in [0.717, 1.165) is 28.1 Å². The molecule has 2 aromatic carbocycles. The van der Waals surface area contributed by atoms with Crippen molar-refractivity contribution in [2.24, 2.45) is 0 Å². The summed E-state index contributed by atoms with van der Waals surface area (Å²) in [6, 6.07) is 13.6. The first-order valence-electron chi connectivity index (χ1n) is 6.99. The van der Waals surface area contributed by atoms with Crippen molar-refractivity contribution in [3.05, 3.63) is 64.3 Å². The van der Waals surface area contributed by atoms with Crippen molar-refractivity contribution < 1.29 is 5.11 Å². The molecule has 0 atom stereocenters. The molecular weight excluding hydrogens is 298 g/mol. The number of aromatic nitrogens is 3. The molecule has 0 bridgehead atoms. The summed E-state index contributed by atoms with van der Waals surface area (Å²) < 4.78 is 1.77. The first kappa shape index (κ1) is 14.8. The molecule has 0 unspecified atom stereocenters. The van der Waals surface area contributed by atoms with E-state index in [0.29, 0.717) is 10.7 Å². The molecule has 0 spiro atoms. The fraction of sp³-hybridized carbons (Fsp3) is 0.176. The molecule has 0 saturated heterocycles. The minimum atomic E-state index is -0.164. The van der Waals surface area contributed by atoms with Gasteiger partial charge in [-0.2, -0.15) is 0 Å². The second kappa shape index (κ2) is 5.91. The molecule has 0 radical (unpaired) electrons. The van der Waals surface area contributed by atoms with Crippen molar-refractivity contribution >= 4 is 11.6 Å². The van der Waals surface area contributed by atoms with E-state index in [2.05, 4.69) is 28.5 Å². The maximum absolute atomic E-state index is 9.58. The lowest BCUT2D eigenvalue weighted by atomic mass is 10.1. The molecule has 3 aromatic rings. The van der Waals surface area contributed by atoms with Crippen LogP contribution in [0.15, 0.2) is 42.5 Å². The molecule has 1 N–H and O–H groups in total. The van der Waals surface area contributed by atoms with Crippen molar-refractivity contribution in [3.63, 3.8) is 0 Å².